The van der Waals surface area contributed by atoms with Gasteiger partial charge in [0.1, 0.15) is 12.4 Å². The van der Waals surface area contributed by atoms with Crippen molar-refractivity contribution in [2.45, 2.75) is 20.1 Å². The number of nitrogens with one attached hydrogen (secondary N) is 1. The van der Waals surface area contributed by atoms with Gasteiger partial charge in [-0.15, -0.1) is 0 Å². The van der Waals surface area contributed by atoms with E-state index in [4.69, 9.17) is 4.74 Å². The number of rotatable bonds is 7. The van der Waals surface area contributed by atoms with Crippen molar-refractivity contribution in [2.24, 2.45) is 0 Å². The Morgan fingerprint density at radius 3 is 2.46 bits per heavy atom. The Balaban J connectivity index is 1.71. The van der Waals surface area contributed by atoms with Crippen LogP contribution in [0.5, 0.6) is 5.75 Å². The quantitative estimate of drug-likeness (QED) is 0.639. The molecule has 0 bridgehead atoms. The highest BCUT2D eigenvalue weighted by Gasteiger charge is 2.10. The summed E-state index contributed by atoms with van der Waals surface area (Å²) in [6.07, 6.45) is 0. The molecule has 26 heavy (non-hydrogen) atoms. The highest BCUT2D eigenvalue weighted by atomic mass is 16.5. The van der Waals surface area contributed by atoms with Gasteiger partial charge in [-0.05, 0) is 36.2 Å². The van der Waals surface area contributed by atoms with Crippen LogP contribution in [-0.4, -0.2) is 11.1 Å². The Morgan fingerprint density at radius 1 is 0.962 bits per heavy atom. The van der Waals surface area contributed by atoms with Gasteiger partial charge in [-0.3, -0.25) is 0 Å². The van der Waals surface area contributed by atoms with Crippen molar-refractivity contribution in [3.8, 4) is 5.75 Å². The summed E-state index contributed by atoms with van der Waals surface area (Å²) in [5.74, 6) is -0.103. The van der Waals surface area contributed by atoms with E-state index in [-0.39, 0.29) is 0 Å². The Bertz CT molecular complexity index is 891. The zero-order valence-corrected chi connectivity index (χ0v) is 14.6. The van der Waals surface area contributed by atoms with Crippen LogP contribution in [0.1, 0.15) is 27.0 Å². The number of aromatic carboxylic acids is 1. The number of hydrogen-bond acceptors (Lipinski definition) is 3. The van der Waals surface area contributed by atoms with E-state index in [1.807, 2.05) is 67.6 Å². The third-order valence-corrected chi connectivity index (χ3v) is 4.24. The van der Waals surface area contributed by atoms with Crippen LogP contribution in [0, 0.1) is 6.92 Å². The summed E-state index contributed by atoms with van der Waals surface area (Å²) in [4.78, 5) is 11.3. The molecule has 3 aromatic rings. The highest BCUT2D eigenvalue weighted by molar-refractivity contribution is 5.91. The summed E-state index contributed by atoms with van der Waals surface area (Å²) in [6.45, 7) is 2.86. The van der Waals surface area contributed by atoms with Gasteiger partial charge in [0.05, 0.1) is 5.56 Å². The summed E-state index contributed by atoms with van der Waals surface area (Å²) in [6, 6.07) is 23.1. The third kappa shape index (κ3) is 4.22. The fourth-order valence-electron chi connectivity index (χ4n) is 2.78. The van der Waals surface area contributed by atoms with E-state index in [1.165, 1.54) is 0 Å². The zero-order chi connectivity index (χ0) is 18.4. The molecule has 0 aliphatic carbocycles. The third-order valence-electron chi connectivity index (χ3n) is 4.24. The molecule has 0 aliphatic heterocycles. The molecule has 0 amide bonds. The normalized spacial score (nSPS) is 10.3. The summed E-state index contributed by atoms with van der Waals surface area (Å²) in [5, 5.41) is 12.6. The van der Waals surface area contributed by atoms with Crippen molar-refractivity contribution in [1.29, 1.82) is 0 Å². The van der Waals surface area contributed by atoms with Gasteiger partial charge in [0.15, 0.2) is 0 Å². The standard InChI is InChI=1S/C22H21NO3/c1-16-19(22(24)25)11-7-12-20(16)23-14-18-10-5-6-13-21(18)26-15-17-8-3-2-4-9-17/h2-13,23H,14-15H2,1H3,(H,24,25). The first-order valence-corrected chi connectivity index (χ1v) is 8.46. The molecule has 4 nitrogen and oxygen atoms in total. The van der Waals surface area contributed by atoms with E-state index in [1.54, 1.807) is 12.1 Å². The summed E-state index contributed by atoms with van der Waals surface area (Å²) in [7, 11) is 0. The molecule has 4 heteroatoms. The molecule has 0 radical (unpaired) electrons. The molecule has 132 valence electrons. The molecular formula is C22H21NO3. The van der Waals surface area contributed by atoms with Crippen LogP contribution in [-0.2, 0) is 13.2 Å². The van der Waals surface area contributed by atoms with E-state index in [9.17, 15) is 9.90 Å². The van der Waals surface area contributed by atoms with Gasteiger partial charge >= 0.3 is 5.97 Å². The second-order valence-electron chi connectivity index (χ2n) is 6.02. The Kier molecular flexibility index (Phi) is 5.54. The largest absolute Gasteiger partial charge is 0.489 e. The van der Waals surface area contributed by atoms with E-state index in [2.05, 4.69) is 5.32 Å². The van der Waals surface area contributed by atoms with Crippen molar-refractivity contribution >= 4 is 11.7 Å². The van der Waals surface area contributed by atoms with Gasteiger partial charge in [-0.2, -0.15) is 0 Å². The maximum atomic E-state index is 11.3. The molecule has 3 rings (SSSR count). The molecule has 0 heterocycles. The number of benzene rings is 3. The number of anilines is 1. The molecule has 0 atom stereocenters. The first kappa shape index (κ1) is 17.5. The van der Waals surface area contributed by atoms with Crippen LogP contribution in [0.25, 0.3) is 0 Å². The number of ether oxygens (including phenoxy) is 1. The molecule has 0 unspecified atom stereocenters. The minimum absolute atomic E-state index is 0.309. The van der Waals surface area contributed by atoms with E-state index in [0.717, 1.165) is 28.1 Å². The minimum Gasteiger partial charge on any atom is -0.489 e. The SMILES string of the molecule is Cc1c(NCc2ccccc2OCc2ccccc2)cccc1C(=O)O. The van der Waals surface area contributed by atoms with E-state index in [0.29, 0.717) is 18.7 Å². The molecule has 0 spiro atoms. The van der Waals surface area contributed by atoms with Crippen LogP contribution < -0.4 is 10.1 Å². The summed E-state index contributed by atoms with van der Waals surface area (Å²) >= 11 is 0. The molecule has 2 N–H and O–H groups in total. The Morgan fingerprint density at radius 2 is 1.69 bits per heavy atom. The van der Waals surface area contributed by atoms with Gasteiger partial charge < -0.3 is 15.2 Å². The average molecular weight is 347 g/mol. The molecule has 0 aromatic heterocycles. The second kappa shape index (κ2) is 8.21. The smallest absolute Gasteiger partial charge is 0.336 e. The van der Waals surface area contributed by atoms with Crippen molar-refractivity contribution in [1.82, 2.24) is 0 Å². The lowest BCUT2D eigenvalue weighted by atomic mass is 10.1. The number of carboxylic acid groups (broad SMARTS) is 1. The average Bonchev–Trinajstić information content (AvgIpc) is 2.67. The van der Waals surface area contributed by atoms with Gasteiger partial charge in [0, 0.05) is 17.8 Å². The second-order valence-corrected chi connectivity index (χ2v) is 6.02. The maximum absolute atomic E-state index is 11.3. The summed E-state index contributed by atoms with van der Waals surface area (Å²) in [5.41, 5.74) is 3.97. The fraction of sp³-hybridized carbons (Fsp3) is 0.136. The number of carboxylic acids is 1. The lowest BCUT2D eigenvalue weighted by Crippen LogP contribution is -2.07. The predicted octanol–water partition coefficient (Wildman–Crippen LogP) is 4.88. The molecular weight excluding hydrogens is 326 g/mol. The van der Waals surface area contributed by atoms with Crippen LogP contribution >= 0.6 is 0 Å². The molecule has 3 aromatic carbocycles. The fourth-order valence-corrected chi connectivity index (χ4v) is 2.78. The monoisotopic (exact) mass is 347 g/mol. The molecule has 0 fully saturated rings. The van der Waals surface area contributed by atoms with Crippen LogP contribution in [0.2, 0.25) is 0 Å². The topological polar surface area (TPSA) is 58.6 Å². The van der Waals surface area contributed by atoms with Crippen LogP contribution in [0.3, 0.4) is 0 Å². The Labute approximate surface area is 153 Å². The lowest BCUT2D eigenvalue weighted by molar-refractivity contribution is 0.0696. The minimum atomic E-state index is -0.919. The van der Waals surface area contributed by atoms with E-state index < -0.39 is 5.97 Å². The van der Waals surface area contributed by atoms with Crippen LogP contribution in [0.15, 0.2) is 72.8 Å². The summed E-state index contributed by atoms with van der Waals surface area (Å²) < 4.78 is 5.97. The van der Waals surface area contributed by atoms with Crippen LogP contribution in [0.4, 0.5) is 5.69 Å². The molecule has 0 aliphatic rings. The first-order chi connectivity index (χ1) is 12.6. The number of hydrogen-bond donors (Lipinski definition) is 2. The highest BCUT2D eigenvalue weighted by Crippen LogP contribution is 2.23. The van der Waals surface area contributed by atoms with Gasteiger partial charge in [0.25, 0.3) is 0 Å². The van der Waals surface area contributed by atoms with E-state index >= 15 is 0 Å². The van der Waals surface area contributed by atoms with Gasteiger partial charge in [-0.1, -0.05) is 54.6 Å². The van der Waals surface area contributed by atoms with Gasteiger partial charge in [0.2, 0.25) is 0 Å². The predicted molar refractivity (Wildman–Crippen MR) is 103 cm³/mol. The number of carbonyl (C=O) groups is 1. The Hall–Kier alpha value is -3.27. The van der Waals surface area contributed by atoms with Gasteiger partial charge in [-0.25, -0.2) is 4.79 Å². The first-order valence-electron chi connectivity index (χ1n) is 8.46. The lowest BCUT2D eigenvalue weighted by Gasteiger charge is -2.15. The van der Waals surface area contributed by atoms with Crippen molar-refractivity contribution < 1.29 is 14.6 Å². The van der Waals surface area contributed by atoms with Crippen molar-refractivity contribution in [3.63, 3.8) is 0 Å². The van der Waals surface area contributed by atoms with Crippen molar-refractivity contribution in [2.75, 3.05) is 5.32 Å². The number of para-hydroxylation sites is 1. The maximum Gasteiger partial charge on any atom is 0.336 e. The molecule has 0 saturated carbocycles. The van der Waals surface area contributed by atoms with Crippen molar-refractivity contribution in [3.05, 3.63) is 95.1 Å². The molecule has 0 saturated heterocycles. The zero-order valence-electron chi connectivity index (χ0n) is 14.6.